The van der Waals surface area contributed by atoms with Crippen LogP contribution in [0, 0.1) is 10.1 Å². The molecule has 136 valence electrons. The van der Waals surface area contributed by atoms with Crippen LogP contribution in [0.4, 0.5) is 5.69 Å². The molecule has 0 aromatic heterocycles. The topological polar surface area (TPSA) is 127 Å². The van der Waals surface area contributed by atoms with Crippen LogP contribution in [0.1, 0.15) is 33.2 Å². The van der Waals surface area contributed by atoms with Crippen molar-refractivity contribution < 1.29 is 29.5 Å². The van der Waals surface area contributed by atoms with Gasteiger partial charge in [0.05, 0.1) is 16.1 Å². The molecule has 0 bridgehead atoms. The van der Waals surface area contributed by atoms with Crippen molar-refractivity contribution >= 4 is 17.6 Å². The second-order valence-corrected chi connectivity index (χ2v) is 6.00. The number of nitro benzene ring substituents is 1. The molecule has 0 aliphatic rings. The first-order chi connectivity index (χ1) is 12.2. The van der Waals surface area contributed by atoms with E-state index in [0.29, 0.717) is 0 Å². The molecule has 2 aromatic carbocycles. The highest BCUT2D eigenvalue weighted by Gasteiger charge is 2.29. The molecule has 26 heavy (non-hydrogen) atoms. The lowest BCUT2D eigenvalue weighted by Crippen LogP contribution is -2.34. The van der Waals surface area contributed by atoms with Crippen molar-refractivity contribution in [3.63, 3.8) is 0 Å². The van der Waals surface area contributed by atoms with Gasteiger partial charge in [0.2, 0.25) is 0 Å². The third-order valence-corrected chi connectivity index (χ3v) is 3.61. The van der Waals surface area contributed by atoms with Crippen LogP contribution in [0.15, 0.2) is 48.5 Å². The monoisotopic (exact) mass is 359 g/mol. The molecule has 0 amide bonds. The third-order valence-electron chi connectivity index (χ3n) is 3.61. The van der Waals surface area contributed by atoms with Gasteiger partial charge in [-0.2, -0.15) is 0 Å². The largest absolute Gasteiger partial charge is 0.477 e. The Morgan fingerprint density at radius 3 is 2.38 bits per heavy atom. The van der Waals surface area contributed by atoms with E-state index in [0.717, 1.165) is 17.7 Å². The molecule has 2 N–H and O–H groups in total. The Morgan fingerprint density at radius 2 is 1.81 bits per heavy atom. The lowest BCUT2D eigenvalue weighted by molar-refractivity contribution is -0.385. The van der Waals surface area contributed by atoms with E-state index in [9.17, 15) is 29.9 Å². The number of aromatic carboxylic acids is 1. The molecule has 0 fully saturated rings. The second-order valence-electron chi connectivity index (χ2n) is 6.00. The maximum Gasteiger partial charge on any atom is 0.343 e. The first kappa shape index (κ1) is 19.1. The molecule has 0 radical (unpaired) electrons. The van der Waals surface area contributed by atoms with Crippen molar-refractivity contribution in [2.75, 3.05) is 6.61 Å². The summed E-state index contributed by atoms with van der Waals surface area (Å²) in [5.41, 5.74) is -2.45. The number of esters is 1. The molecule has 0 unspecified atom stereocenters. The maximum absolute atomic E-state index is 12.2. The second kappa shape index (κ2) is 7.75. The highest BCUT2D eigenvalue weighted by atomic mass is 16.6. The number of hydrogen-bond donors (Lipinski definition) is 2. The van der Waals surface area contributed by atoms with E-state index in [1.165, 1.54) is 13.0 Å². The summed E-state index contributed by atoms with van der Waals surface area (Å²) in [5, 5.41) is 30.6. The van der Waals surface area contributed by atoms with Crippen molar-refractivity contribution in [1.29, 1.82) is 0 Å². The number of rotatable bonds is 7. The first-order valence-electron chi connectivity index (χ1n) is 7.65. The average molecular weight is 359 g/mol. The van der Waals surface area contributed by atoms with Crippen molar-refractivity contribution in [3.05, 3.63) is 75.3 Å². The standard InChI is InChI=1S/C18H17NO7/c1-18(23,10-12-6-3-2-4-7-12)11-26-17(22)13-8-5-9-14(19(24)25)15(13)16(20)21/h2-9,23H,10-11H2,1H3,(H,20,21)/t18-/m0/s1. The van der Waals surface area contributed by atoms with Crippen LogP contribution >= 0.6 is 0 Å². The summed E-state index contributed by atoms with van der Waals surface area (Å²) >= 11 is 0. The zero-order chi connectivity index (χ0) is 19.3. The van der Waals surface area contributed by atoms with Gasteiger partial charge in [-0.3, -0.25) is 10.1 Å². The average Bonchev–Trinajstić information content (AvgIpc) is 2.59. The number of nitro groups is 1. The van der Waals surface area contributed by atoms with Crippen LogP contribution in [0.25, 0.3) is 0 Å². The predicted molar refractivity (Wildman–Crippen MR) is 91.1 cm³/mol. The number of nitrogens with zero attached hydrogens (tertiary/aromatic N) is 1. The number of ether oxygens (including phenoxy) is 1. The summed E-state index contributed by atoms with van der Waals surface area (Å²) in [6.45, 7) is 1.07. The van der Waals surface area contributed by atoms with E-state index in [1.54, 1.807) is 24.3 Å². The molecule has 8 nitrogen and oxygen atoms in total. The van der Waals surface area contributed by atoms with Gasteiger partial charge in [0.25, 0.3) is 5.69 Å². The number of carboxylic acids is 1. The number of benzene rings is 2. The van der Waals surface area contributed by atoms with Crippen molar-refractivity contribution in [1.82, 2.24) is 0 Å². The molecule has 0 spiro atoms. The zero-order valence-electron chi connectivity index (χ0n) is 13.9. The van der Waals surface area contributed by atoms with E-state index in [-0.39, 0.29) is 6.42 Å². The Kier molecular flexibility index (Phi) is 5.68. The van der Waals surface area contributed by atoms with E-state index in [2.05, 4.69) is 0 Å². The minimum absolute atomic E-state index is 0.210. The normalized spacial score (nSPS) is 12.8. The molecule has 0 saturated carbocycles. The summed E-state index contributed by atoms with van der Waals surface area (Å²) < 4.78 is 5.02. The zero-order valence-corrected chi connectivity index (χ0v) is 13.9. The van der Waals surface area contributed by atoms with E-state index in [1.807, 2.05) is 6.07 Å². The summed E-state index contributed by atoms with van der Waals surface area (Å²) in [6.07, 6.45) is 0.210. The Labute approximate surface area is 148 Å². The van der Waals surface area contributed by atoms with Crippen molar-refractivity contribution in [2.24, 2.45) is 0 Å². The Morgan fingerprint density at radius 1 is 1.15 bits per heavy atom. The molecule has 0 aliphatic carbocycles. The van der Waals surface area contributed by atoms with Crippen LogP contribution in [-0.2, 0) is 11.2 Å². The molecular formula is C18H17NO7. The molecule has 0 saturated heterocycles. The molecule has 0 heterocycles. The molecule has 2 rings (SSSR count). The van der Waals surface area contributed by atoms with Crippen LogP contribution < -0.4 is 0 Å². The van der Waals surface area contributed by atoms with Crippen molar-refractivity contribution in [3.8, 4) is 0 Å². The predicted octanol–water partition coefficient (Wildman–Crippen LogP) is 2.44. The molecule has 1 atom stereocenters. The number of aliphatic hydroxyl groups is 1. The van der Waals surface area contributed by atoms with Gasteiger partial charge in [0.1, 0.15) is 6.61 Å². The minimum Gasteiger partial charge on any atom is -0.477 e. The maximum atomic E-state index is 12.2. The summed E-state index contributed by atoms with van der Waals surface area (Å²) in [4.78, 5) is 33.6. The fourth-order valence-corrected chi connectivity index (χ4v) is 2.47. The fraction of sp³-hybridized carbons (Fsp3) is 0.222. The fourth-order valence-electron chi connectivity index (χ4n) is 2.47. The van der Waals surface area contributed by atoms with Crippen molar-refractivity contribution in [2.45, 2.75) is 18.9 Å². The van der Waals surface area contributed by atoms with E-state index in [4.69, 9.17) is 4.74 Å². The smallest absolute Gasteiger partial charge is 0.343 e. The van der Waals surface area contributed by atoms with Crippen LogP contribution in [-0.4, -0.2) is 39.3 Å². The Hall–Kier alpha value is -3.26. The summed E-state index contributed by atoms with van der Waals surface area (Å²) in [5.74, 6) is -2.67. The highest BCUT2D eigenvalue weighted by Crippen LogP contribution is 2.23. The van der Waals surface area contributed by atoms with Crippen LogP contribution in [0.2, 0.25) is 0 Å². The lowest BCUT2D eigenvalue weighted by atomic mass is 9.97. The van der Waals surface area contributed by atoms with Gasteiger partial charge in [-0.15, -0.1) is 0 Å². The number of carbonyl (C=O) groups excluding carboxylic acids is 1. The minimum atomic E-state index is -1.61. The van der Waals surface area contributed by atoms with Gasteiger partial charge in [-0.1, -0.05) is 36.4 Å². The number of carbonyl (C=O) groups is 2. The third kappa shape index (κ3) is 4.64. The highest BCUT2D eigenvalue weighted by molar-refractivity contribution is 6.05. The quantitative estimate of drug-likeness (QED) is 0.441. The molecule has 2 aromatic rings. The number of hydrogen-bond acceptors (Lipinski definition) is 6. The van der Waals surface area contributed by atoms with Gasteiger partial charge in [0, 0.05) is 12.5 Å². The summed E-state index contributed by atoms with van der Waals surface area (Å²) in [6, 6.07) is 12.4. The van der Waals surface area contributed by atoms with Crippen LogP contribution in [0.5, 0.6) is 0 Å². The SMILES string of the molecule is C[C@@](O)(COC(=O)c1cccc([N+](=O)[O-])c1C(=O)O)Cc1ccccc1. The lowest BCUT2D eigenvalue weighted by Gasteiger charge is -2.23. The summed E-state index contributed by atoms with van der Waals surface area (Å²) in [7, 11) is 0. The van der Waals surface area contributed by atoms with Gasteiger partial charge in [-0.25, -0.2) is 9.59 Å². The molecule has 8 heteroatoms. The number of carboxylic acid groups (broad SMARTS) is 1. The van der Waals surface area contributed by atoms with Gasteiger partial charge in [0.15, 0.2) is 5.56 Å². The van der Waals surface area contributed by atoms with Gasteiger partial charge < -0.3 is 14.9 Å². The Bertz CT molecular complexity index is 831. The van der Waals surface area contributed by atoms with E-state index < -0.39 is 45.9 Å². The van der Waals surface area contributed by atoms with Gasteiger partial charge in [-0.05, 0) is 18.6 Å². The molecule has 0 aliphatic heterocycles. The van der Waals surface area contributed by atoms with E-state index >= 15 is 0 Å². The van der Waals surface area contributed by atoms with Gasteiger partial charge >= 0.3 is 11.9 Å². The first-order valence-corrected chi connectivity index (χ1v) is 7.65. The Balaban J connectivity index is 2.16. The molecular weight excluding hydrogens is 342 g/mol. The van der Waals surface area contributed by atoms with Crippen LogP contribution in [0.3, 0.4) is 0 Å².